The minimum Gasteiger partial charge on any atom is -0.318 e. The third-order valence-electron chi connectivity index (χ3n) is 2.02. The van der Waals surface area contributed by atoms with Crippen molar-refractivity contribution in [3.8, 4) is 0 Å². The molecule has 0 amide bonds. The van der Waals surface area contributed by atoms with Gasteiger partial charge in [0.05, 0.1) is 0 Å². The zero-order valence-electron chi connectivity index (χ0n) is 7.78. The fourth-order valence-corrected chi connectivity index (χ4v) is 1.27. The second-order valence-corrected chi connectivity index (χ2v) is 3.12. The Morgan fingerprint density at radius 1 is 1.38 bits per heavy atom. The Bertz CT molecular complexity index is 328. The summed E-state index contributed by atoms with van der Waals surface area (Å²) in [6, 6.07) is 0. The fourth-order valence-electron chi connectivity index (χ4n) is 1.27. The molecule has 0 atom stereocenters. The number of aryl methyl sites for hydroxylation is 1. The molecule has 0 saturated heterocycles. The van der Waals surface area contributed by atoms with Gasteiger partial charge in [0.25, 0.3) is 0 Å². The molecule has 4 nitrogen and oxygen atoms in total. The third-order valence-corrected chi connectivity index (χ3v) is 2.02. The third kappa shape index (κ3) is 1.67. The van der Waals surface area contributed by atoms with Gasteiger partial charge < -0.3 is 5.01 Å². The first-order valence-electron chi connectivity index (χ1n) is 4.22. The van der Waals surface area contributed by atoms with Crippen LogP contribution >= 0.6 is 0 Å². The molecule has 1 aliphatic heterocycles. The number of nitrogens with zero attached hydrogens (tertiary/aromatic N) is 3. The van der Waals surface area contributed by atoms with Crippen LogP contribution in [0, 0.1) is 6.92 Å². The van der Waals surface area contributed by atoms with Crippen molar-refractivity contribution >= 4 is 5.57 Å². The molecule has 4 heteroatoms. The summed E-state index contributed by atoms with van der Waals surface area (Å²) in [4.78, 5) is 8.30. The Morgan fingerprint density at radius 3 is 2.62 bits per heavy atom. The van der Waals surface area contributed by atoms with Crippen LogP contribution in [-0.2, 0) is 0 Å². The smallest absolute Gasteiger partial charge is 0.125 e. The van der Waals surface area contributed by atoms with E-state index in [1.807, 2.05) is 37.6 Å². The minimum absolute atomic E-state index is 0.809. The monoisotopic (exact) mass is 176 g/mol. The molecular formula is C9H12N4. The highest BCUT2D eigenvalue weighted by Crippen LogP contribution is 2.15. The van der Waals surface area contributed by atoms with Crippen molar-refractivity contribution in [2.24, 2.45) is 0 Å². The van der Waals surface area contributed by atoms with Crippen LogP contribution < -0.4 is 5.43 Å². The summed E-state index contributed by atoms with van der Waals surface area (Å²) in [6.45, 7) is 2.74. The maximum absolute atomic E-state index is 4.15. The highest BCUT2D eigenvalue weighted by Gasteiger charge is 2.09. The van der Waals surface area contributed by atoms with Crippen molar-refractivity contribution in [2.75, 3.05) is 13.6 Å². The normalized spacial score (nSPS) is 16.2. The van der Waals surface area contributed by atoms with E-state index < -0.39 is 0 Å². The molecular weight excluding hydrogens is 164 g/mol. The van der Waals surface area contributed by atoms with E-state index in [2.05, 4.69) is 15.4 Å². The zero-order chi connectivity index (χ0) is 9.26. The first-order chi connectivity index (χ1) is 6.25. The van der Waals surface area contributed by atoms with E-state index in [0.29, 0.717) is 0 Å². The summed E-state index contributed by atoms with van der Waals surface area (Å²) in [5, 5.41) is 1.94. The van der Waals surface area contributed by atoms with Crippen molar-refractivity contribution in [3.05, 3.63) is 30.0 Å². The summed E-state index contributed by atoms with van der Waals surface area (Å²) in [5.74, 6) is 0.809. The molecule has 0 aliphatic carbocycles. The molecule has 0 bridgehead atoms. The van der Waals surface area contributed by atoms with E-state index in [1.165, 1.54) is 5.57 Å². The van der Waals surface area contributed by atoms with Crippen molar-refractivity contribution in [3.63, 3.8) is 0 Å². The molecule has 13 heavy (non-hydrogen) atoms. The maximum atomic E-state index is 4.15. The van der Waals surface area contributed by atoms with Crippen LogP contribution in [0.25, 0.3) is 5.57 Å². The molecule has 0 fully saturated rings. The van der Waals surface area contributed by atoms with Crippen molar-refractivity contribution in [2.45, 2.75) is 6.92 Å². The minimum atomic E-state index is 0.809. The standard InChI is InChI=1S/C9H12N4/c1-7-10-3-8(4-11-7)9-5-12-13(2)6-9/h3-4,6,12H,5H2,1-2H3. The predicted octanol–water partition coefficient (Wildman–Crippen LogP) is 0.576. The molecule has 0 radical (unpaired) electrons. The van der Waals surface area contributed by atoms with Gasteiger partial charge in [-0.25, -0.2) is 15.4 Å². The lowest BCUT2D eigenvalue weighted by Gasteiger charge is -2.04. The van der Waals surface area contributed by atoms with Crippen molar-refractivity contribution < 1.29 is 0 Å². The molecule has 68 valence electrons. The number of hydrazine groups is 1. The molecule has 1 aromatic heterocycles. The van der Waals surface area contributed by atoms with Gasteiger partial charge in [-0.3, -0.25) is 0 Å². The number of aromatic nitrogens is 2. The topological polar surface area (TPSA) is 41.1 Å². The number of nitrogens with one attached hydrogen (secondary N) is 1. The molecule has 0 aromatic carbocycles. The predicted molar refractivity (Wildman–Crippen MR) is 50.5 cm³/mol. The van der Waals surface area contributed by atoms with Crippen LogP contribution in [0.3, 0.4) is 0 Å². The zero-order valence-corrected chi connectivity index (χ0v) is 7.78. The number of hydrogen-bond acceptors (Lipinski definition) is 4. The molecule has 1 aromatic rings. The molecule has 1 aliphatic rings. The Morgan fingerprint density at radius 2 is 2.08 bits per heavy atom. The fraction of sp³-hybridized carbons (Fsp3) is 0.333. The van der Waals surface area contributed by atoms with E-state index in [9.17, 15) is 0 Å². The van der Waals surface area contributed by atoms with Gasteiger partial charge in [-0.05, 0) is 12.5 Å². The molecule has 0 spiro atoms. The van der Waals surface area contributed by atoms with E-state index in [1.54, 1.807) is 0 Å². The van der Waals surface area contributed by atoms with Gasteiger partial charge in [-0.1, -0.05) is 0 Å². The number of hydrogen-bond donors (Lipinski definition) is 1. The first-order valence-corrected chi connectivity index (χ1v) is 4.22. The summed E-state index contributed by atoms with van der Waals surface area (Å²) in [5.41, 5.74) is 5.48. The summed E-state index contributed by atoms with van der Waals surface area (Å²) >= 11 is 0. The summed E-state index contributed by atoms with van der Waals surface area (Å²) in [6.07, 6.45) is 5.76. The second-order valence-electron chi connectivity index (χ2n) is 3.12. The van der Waals surface area contributed by atoms with Gasteiger partial charge in [-0.15, -0.1) is 0 Å². The lowest BCUT2D eigenvalue weighted by atomic mass is 10.1. The largest absolute Gasteiger partial charge is 0.318 e. The van der Waals surface area contributed by atoms with E-state index in [0.717, 1.165) is 17.9 Å². The van der Waals surface area contributed by atoms with Crippen LogP contribution in [0.2, 0.25) is 0 Å². The van der Waals surface area contributed by atoms with Crippen molar-refractivity contribution in [1.82, 2.24) is 20.4 Å². The lowest BCUT2D eigenvalue weighted by Crippen LogP contribution is -2.23. The van der Waals surface area contributed by atoms with Gasteiger partial charge in [0.2, 0.25) is 0 Å². The second kappa shape index (κ2) is 3.14. The van der Waals surface area contributed by atoms with Crippen molar-refractivity contribution in [1.29, 1.82) is 0 Å². The highest BCUT2D eigenvalue weighted by atomic mass is 15.5. The van der Waals surface area contributed by atoms with E-state index in [-0.39, 0.29) is 0 Å². The summed E-state index contributed by atoms with van der Waals surface area (Å²) < 4.78 is 0. The van der Waals surface area contributed by atoms with Gasteiger partial charge in [0.15, 0.2) is 0 Å². The summed E-state index contributed by atoms with van der Waals surface area (Å²) in [7, 11) is 1.97. The average Bonchev–Trinajstić information content (AvgIpc) is 2.53. The van der Waals surface area contributed by atoms with Gasteiger partial charge in [0, 0.05) is 37.7 Å². The quantitative estimate of drug-likeness (QED) is 0.679. The lowest BCUT2D eigenvalue weighted by molar-refractivity contribution is 0.374. The SMILES string of the molecule is Cc1ncc(C2=CN(C)NC2)cn1. The molecule has 0 saturated carbocycles. The van der Waals surface area contributed by atoms with Crippen LogP contribution in [0.15, 0.2) is 18.6 Å². The van der Waals surface area contributed by atoms with Crippen LogP contribution in [-0.4, -0.2) is 28.6 Å². The Balaban J connectivity index is 2.26. The van der Waals surface area contributed by atoms with Crippen LogP contribution in [0.5, 0.6) is 0 Å². The maximum Gasteiger partial charge on any atom is 0.125 e. The molecule has 2 heterocycles. The van der Waals surface area contributed by atoms with E-state index in [4.69, 9.17) is 0 Å². The Kier molecular flexibility index (Phi) is 1.98. The van der Waals surface area contributed by atoms with Gasteiger partial charge >= 0.3 is 0 Å². The first kappa shape index (κ1) is 8.19. The molecule has 1 N–H and O–H groups in total. The van der Waals surface area contributed by atoms with Gasteiger partial charge in [0.1, 0.15) is 5.82 Å². The highest BCUT2D eigenvalue weighted by molar-refractivity contribution is 5.66. The Hall–Kier alpha value is -1.42. The van der Waals surface area contributed by atoms with Crippen LogP contribution in [0.4, 0.5) is 0 Å². The molecule has 0 unspecified atom stereocenters. The van der Waals surface area contributed by atoms with Crippen LogP contribution in [0.1, 0.15) is 11.4 Å². The molecule has 2 rings (SSSR count). The Labute approximate surface area is 77.3 Å². The van der Waals surface area contributed by atoms with Gasteiger partial charge in [-0.2, -0.15) is 0 Å². The number of rotatable bonds is 1. The average molecular weight is 176 g/mol. The van der Waals surface area contributed by atoms with E-state index >= 15 is 0 Å².